The van der Waals surface area contributed by atoms with Gasteiger partial charge >= 0.3 is 11.9 Å². The van der Waals surface area contributed by atoms with Gasteiger partial charge in [-0.2, -0.15) is 12.5 Å². The summed E-state index contributed by atoms with van der Waals surface area (Å²) in [6.45, 7) is 6.05. The zero-order valence-corrected chi connectivity index (χ0v) is 16.2. The molecule has 0 amide bonds. The molecular formula is C14H28BO5PS. The normalized spacial score (nSPS) is 24.3. The first kappa shape index (κ1) is 20.2. The molecule has 1 saturated carbocycles. The Morgan fingerprint density at radius 2 is 1.86 bits per heavy atom. The molecule has 0 N–H and O–H groups in total. The van der Waals surface area contributed by atoms with Gasteiger partial charge in [-0.1, -0.05) is 0 Å². The van der Waals surface area contributed by atoms with E-state index in [-0.39, 0.29) is 11.9 Å². The number of carbonyl (C=O) groups is 1. The van der Waals surface area contributed by atoms with Crippen LogP contribution in [0.25, 0.3) is 0 Å². The summed E-state index contributed by atoms with van der Waals surface area (Å²) in [4.78, 5) is 12.8. The van der Waals surface area contributed by atoms with E-state index in [1.807, 2.05) is 20.8 Å². The van der Waals surface area contributed by atoms with Gasteiger partial charge in [-0.3, -0.25) is 4.79 Å². The van der Waals surface area contributed by atoms with E-state index in [0.717, 1.165) is 0 Å². The summed E-state index contributed by atoms with van der Waals surface area (Å²) in [5.41, 5.74) is -1.17. The van der Waals surface area contributed by atoms with Gasteiger partial charge in [-0.15, -0.1) is 9.12 Å². The Bertz CT molecular complexity index is 384. The average Bonchev–Trinajstić information content (AvgIpc) is 2.78. The number of methoxy groups -OCH3 is 2. The van der Waals surface area contributed by atoms with E-state index in [4.69, 9.17) is 18.9 Å². The highest BCUT2D eigenvalue weighted by atomic mass is 32.1. The van der Waals surface area contributed by atoms with Crippen LogP contribution in [0, 0.1) is 5.41 Å². The molecule has 2 unspecified atom stereocenters. The van der Waals surface area contributed by atoms with Crippen LogP contribution < -0.4 is 0 Å². The second-order valence-corrected chi connectivity index (χ2v) is 8.46. The van der Waals surface area contributed by atoms with E-state index in [9.17, 15) is 4.79 Å². The zero-order chi connectivity index (χ0) is 17.0. The van der Waals surface area contributed by atoms with Gasteiger partial charge in [0.25, 0.3) is 0 Å². The Hall–Kier alpha value is 0.195. The number of hydrogen-bond acceptors (Lipinski definition) is 6. The van der Waals surface area contributed by atoms with Crippen LogP contribution in [0.4, 0.5) is 0 Å². The van der Waals surface area contributed by atoms with Crippen molar-refractivity contribution in [2.45, 2.75) is 57.8 Å². The number of ether oxygens (including phenoxy) is 3. The van der Waals surface area contributed by atoms with E-state index >= 15 is 0 Å². The van der Waals surface area contributed by atoms with Gasteiger partial charge in [-0.25, -0.2) is 0 Å². The molecule has 1 rings (SSSR count). The molecule has 0 aromatic carbocycles. The zero-order valence-electron chi connectivity index (χ0n) is 14.2. The van der Waals surface area contributed by atoms with Crippen LogP contribution in [-0.4, -0.2) is 44.1 Å². The Labute approximate surface area is 141 Å². The van der Waals surface area contributed by atoms with Gasteiger partial charge in [0, 0.05) is 33.7 Å². The van der Waals surface area contributed by atoms with Crippen molar-refractivity contribution in [2.24, 2.45) is 5.41 Å². The molecule has 5 nitrogen and oxygen atoms in total. The topological polar surface area (TPSA) is 54.0 Å². The maximum atomic E-state index is 12.8. The van der Waals surface area contributed by atoms with Crippen molar-refractivity contribution in [1.82, 2.24) is 0 Å². The summed E-state index contributed by atoms with van der Waals surface area (Å²) in [7, 11) is 5.68. The third kappa shape index (κ3) is 5.38. The molecule has 2 atom stereocenters. The molecule has 8 heteroatoms. The van der Waals surface area contributed by atoms with Crippen molar-refractivity contribution in [2.75, 3.05) is 20.8 Å². The summed E-state index contributed by atoms with van der Waals surface area (Å²) < 4.78 is 22.2. The summed E-state index contributed by atoms with van der Waals surface area (Å²) in [5, 5.41) is 0. The Morgan fingerprint density at radius 1 is 1.27 bits per heavy atom. The third-order valence-electron chi connectivity index (χ3n) is 4.04. The fourth-order valence-electron chi connectivity index (χ4n) is 2.80. The van der Waals surface area contributed by atoms with Crippen molar-refractivity contribution >= 4 is 33.5 Å². The molecular weight excluding hydrogens is 322 g/mol. The second kappa shape index (κ2) is 7.84. The first-order valence-corrected chi connectivity index (χ1v) is 8.65. The molecule has 1 aliphatic rings. The van der Waals surface area contributed by atoms with Crippen molar-refractivity contribution in [3.05, 3.63) is 0 Å². The monoisotopic (exact) mass is 350 g/mol. The fourth-order valence-corrected chi connectivity index (χ4v) is 3.05. The quantitative estimate of drug-likeness (QED) is 0.252. The number of carbonyl (C=O) groups excluding carboxylic acids is 1. The summed E-state index contributed by atoms with van der Waals surface area (Å²) in [6, 6.07) is 0. The Kier molecular flexibility index (Phi) is 7.22. The van der Waals surface area contributed by atoms with E-state index in [2.05, 4.69) is 21.6 Å². The van der Waals surface area contributed by atoms with Crippen molar-refractivity contribution in [1.29, 1.82) is 0 Å². The Balaban J connectivity index is 2.89. The largest absolute Gasteiger partial charge is 0.460 e. The highest BCUT2D eigenvalue weighted by Gasteiger charge is 2.54. The van der Waals surface area contributed by atoms with Gasteiger partial charge in [-0.05, 0) is 33.6 Å². The van der Waals surface area contributed by atoms with Crippen LogP contribution >= 0.6 is 21.6 Å². The molecule has 22 heavy (non-hydrogen) atoms. The predicted octanol–water partition coefficient (Wildman–Crippen LogP) is 2.68. The molecule has 0 aliphatic heterocycles. The fraction of sp³-hybridized carbons (Fsp3) is 0.929. The summed E-state index contributed by atoms with van der Waals surface area (Å²) in [6.07, 6.45) is 2.34. The minimum Gasteiger partial charge on any atom is -0.460 e. The number of hydrogen-bond donors (Lipinski definition) is 1. The second-order valence-electron chi connectivity index (χ2n) is 6.79. The van der Waals surface area contributed by atoms with E-state index in [1.165, 1.54) is 0 Å². The van der Waals surface area contributed by atoms with Gasteiger partial charge in [0.05, 0.1) is 5.41 Å². The minimum absolute atomic E-state index is 0.209. The van der Waals surface area contributed by atoms with Crippen LogP contribution in [0.2, 0.25) is 0 Å². The molecule has 1 aliphatic carbocycles. The minimum atomic E-state index is -0.724. The molecule has 0 saturated heterocycles. The number of thiol groups is 1. The van der Waals surface area contributed by atoms with Crippen molar-refractivity contribution in [3.8, 4) is 0 Å². The average molecular weight is 350 g/mol. The lowest BCUT2D eigenvalue weighted by Crippen LogP contribution is -2.40. The van der Waals surface area contributed by atoms with Crippen LogP contribution in [0.15, 0.2) is 0 Å². The third-order valence-corrected chi connectivity index (χ3v) is 4.38. The molecule has 1 fully saturated rings. The van der Waals surface area contributed by atoms with Crippen LogP contribution in [0.3, 0.4) is 0 Å². The van der Waals surface area contributed by atoms with E-state index < -0.39 is 16.8 Å². The lowest BCUT2D eigenvalue weighted by atomic mass is 9.82. The highest BCUT2D eigenvalue weighted by molar-refractivity contribution is 8.23. The first-order valence-electron chi connectivity index (χ1n) is 7.47. The molecule has 0 radical (unpaired) electrons. The lowest BCUT2D eigenvalue weighted by molar-refractivity contribution is -0.210. The molecule has 0 heterocycles. The van der Waals surface area contributed by atoms with Gasteiger partial charge in [0.15, 0.2) is 5.79 Å². The van der Waals surface area contributed by atoms with Crippen molar-refractivity contribution < 1.29 is 23.7 Å². The van der Waals surface area contributed by atoms with Gasteiger partial charge < -0.3 is 18.9 Å². The Morgan fingerprint density at radius 3 is 2.27 bits per heavy atom. The van der Waals surface area contributed by atoms with Crippen LogP contribution in [0.1, 0.15) is 46.5 Å². The summed E-state index contributed by atoms with van der Waals surface area (Å²) >= 11 is 4.17. The van der Waals surface area contributed by atoms with Crippen LogP contribution in [-0.2, 0) is 23.7 Å². The maximum absolute atomic E-state index is 12.8. The van der Waals surface area contributed by atoms with E-state index in [0.29, 0.717) is 32.3 Å². The number of rotatable bonds is 7. The lowest BCUT2D eigenvalue weighted by Gasteiger charge is -2.33. The first-order chi connectivity index (χ1) is 10.1. The molecule has 0 spiro atoms. The van der Waals surface area contributed by atoms with Gasteiger partial charge in [0.2, 0.25) is 0 Å². The highest BCUT2D eigenvalue weighted by Crippen LogP contribution is 2.49. The molecule has 0 bridgehead atoms. The van der Waals surface area contributed by atoms with Crippen LogP contribution in [0.5, 0.6) is 0 Å². The SMILES string of the molecule is COC1(OC)CCC(CCOB(P)S)(C(=O)OC(C)(C)C)C1. The molecule has 0 aromatic rings. The molecule has 0 aromatic heterocycles. The summed E-state index contributed by atoms with van der Waals surface area (Å²) in [5.74, 6) is -1.18. The standard InChI is InChI=1S/C14H28BO5PS/c1-12(2,3)20-11(16)13(8-9-19-15(21)22)6-7-14(10-13,17-4)18-5/h22H,6-10,21H2,1-5H3. The van der Waals surface area contributed by atoms with Crippen molar-refractivity contribution in [3.63, 3.8) is 0 Å². The predicted molar refractivity (Wildman–Crippen MR) is 93.9 cm³/mol. The van der Waals surface area contributed by atoms with E-state index in [1.54, 1.807) is 14.2 Å². The number of esters is 1. The van der Waals surface area contributed by atoms with Gasteiger partial charge in [0.1, 0.15) is 5.60 Å². The molecule has 128 valence electrons. The maximum Gasteiger partial charge on any atom is 0.380 e. The smallest absolute Gasteiger partial charge is 0.380 e.